The summed E-state index contributed by atoms with van der Waals surface area (Å²) in [5, 5.41) is 11.1. The van der Waals surface area contributed by atoms with E-state index < -0.39 is 12.0 Å². The largest absolute Gasteiger partial charge is 0.480 e. The van der Waals surface area contributed by atoms with Crippen molar-refractivity contribution >= 4 is 11.9 Å². The second-order valence-corrected chi connectivity index (χ2v) is 4.56. The number of hydrogen-bond donors (Lipinski definition) is 3. The van der Waals surface area contributed by atoms with Crippen LogP contribution in [0.5, 0.6) is 0 Å². The normalized spacial score (nSPS) is 14.6. The van der Waals surface area contributed by atoms with Crippen LogP contribution in [0, 0.1) is 11.8 Å². The van der Waals surface area contributed by atoms with Crippen molar-refractivity contribution in [2.45, 2.75) is 39.7 Å². The molecule has 0 heterocycles. The van der Waals surface area contributed by atoms with Crippen molar-refractivity contribution < 1.29 is 14.7 Å². The maximum Gasteiger partial charge on any atom is 0.325 e. The van der Waals surface area contributed by atoms with Gasteiger partial charge in [0.05, 0.1) is 0 Å². The van der Waals surface area contributed by atoms with Crippen LogP contribution in [0.2, 0.25) is 0 Å². The lowest BCUT2D eigenvalue weighted by atomic mass is 9.94. The number of carboxylic acids is 1. The molecule has 0 aliphatic carbocycles. The lowest BCUT2D eigenvalue weighted by Gasteiger charge is -2.17. The van der Waals surface area contributed by atoms with E-state index in [4.69, 9.17) is 10.8 Å². The van der Waals surface area contributed by atoms with E-state index >= 15 is 0 Å². The van der Waals surface area contributed by atoms with Crippen LogP contribution in [0.15, 0.2) is 0 Å². The Hall–Kier alpha value is -1.10. The van der Waals surface area contributed by atoms with Crippen molar-refractivity contribution in [1.29, 1.82) is 0 Å². The van der Waals surface area contributed by atoms with E-state index in [1.807, 2.05) is 0 Å². The van der Waals surface area contributed by atoms with Crippen LogP contribution in [-0.4, -0.2) is 29.6 Å². The predicted octanol–water partition coefficient (Wildman–Crippen LogP) is 0.587. The molecule has 94 valence electrons. The van der Waals surface area contributed by atoms with Gasteiger partial charge in [0.25, 0.3) is 0 Å². The highest BCUT2D eigenvalue weighted by atomic mass is 16.4. The molecule has 0 aliphatic rings. The van der Waals surface area contributed by atoms with Crippen molar-refractivity contribution in [3.05, 3.63) is 0 Å². The number of carboxylic acid groups (broad SMARTS) is 1. The maximum absolute atomic E-state index is 11.5. The van der Waals surface area contributed by atoms with Crippen molar-refractivity contribution in [3.63, 3.8) is 0 Å². The van der Waals surface area contributed by atoms with E-state index in [1.165, 1.54) is 6.92 Å². The number of rotatable bonds is 7. The predicted molar refractivity (Wildman–Crippen MR) is 61.9 cm³/mol. The summed E-state index contributed by atoms with van der Waals surface area (Å²) in [4.78, 5) is 22.0. The third kappa shape index (κ3) is 6.40. The summed E-state index contributed by atoms with van der Waals surface area (Å²) in [6.45, 7) is 6.04. The lowest BCUT2D eigenvalue weighted by Crippen LogP contribution is -2.39. The number of carbonyl (C=O) groups excluding carboxylic acids is 1. The zero-order valence-electron chi connectivity index (χ0n) is 10.2. The monoisotopic (exact) mass is 230 g/mol. The third-order valence-corrected chi connectivity index (χ3v) is 2.36. The summed E-state index contributed by atoms with van der Waals surface area (Å²) in [5.41, 5.74) is 5.56. The molecule has 0 aromatic carbocycles. The summed E-state index contributed by atoms with van der Waals surface area (Å²) in [6.07, 6.45) is 1.18. The van der Waals surface area contributed by atoms with Crippen LogP contribution >= 0.6 is 0 Å². The molecule has 0 fully saturated rings. The Labute approximate surface area is 96.4 Å². The van der Waals surface area contributed by atoms with Crippen LogP contribution in [0.25, 0.3) is 0 Å². The minimum absolute atomic E-state index is 0.126. The van der Waals surface area contributed by atoms with Crippen molar-refractivity contribution in [3.8, 4) is 0 Å². The highest BCUT2D eigenvalue weighted by molar-refractivity contribution is 5.83. The second kappa shape index (κ2) is 7.22. The standard InChI is InChI=1S/C11H22N2O3/c1-7(2)4-9(6-12)5-10(14)13-8(3)11(15)16/h7-9H,4-6,12H2,1-3H3,(H,13,14)(H,15,16)/t8-,9-/m0/s1. The molecule has 2 atom stereocenters. The van der Waals surface area contributed by atoms with Gasteiger partial charge in [0.1, 0.15) is 6.04 Å². The van der Waals surface area contributed by atoms with Crippen molar-refractivity contribution in [2.24, 2.45) is 17.6 Å². The number of amides is 1. The molecule has 5 heteroatoms. The van der Waals surface area contributed by atoms with Crippen molar-refractivity contribution in [1.82, 2.24) is 5.32 Å². The fourth-order valence-electron chi connectivity index (χ4n) is 1.55. The summed E-state index contributed by atoms with van der Waals surface area (Å²) >= 11 is 0. The first-order valence-corrected chi connectivity index (χ1v) is 5.59. The highest BCUT2D eigenvalue weighted by Crippen LogP contribution is 2.13. The average Bonchev–Trinajstić information content (AvgIpc) is 2.15. The lowest BCUT2D eigenvalue weighted by molar-refractivity contribution is -0.141. The van der Waals surface area contributed by atoms with Crippen LogP contribution in [0.1, 0.15) is 33.6 Å². The molecule has 0 spiro atoms. The van der Waals surface area contributed by atoms with Crippen LogP contribution in [0.3, 0.4) is 0 Å². The van der Waals surface area contributed by atoms with Crippen molar-refractivity contribution in [2.75, 3.05) is 6.54 Å². The number of nitrogens with two attached hydrogens (primary N) is 1. The van der Waals surface area contributed by atoms with Crippen LogP contribution in [-0.2, 0) is 9.59 Å². The van der Waals surface area contributed by atoms with E-state index in [2.05, 4.69) is 19.2 Å². The summed E-state index contributed by atoms with van der Waals surface area (Å²) in [6, 6.07) is -0.843. The fraction of sp³-hybridized carbons (Fsp3) is 0.818. The zero-order chi connectivity index (χ0) is 12.7. The molecule has 1 amide bonds. The molecular formula is C11H22N2O3. The first-order valence-electron chi connectivity index (χ1n) is 5.59. The third-order valence-electron chi connectivity index (χ3n) is 2.36. The van der Waals surface area contributed by atoms with Gasteiger partial charge in [-0.05, 0) is 31.7 Å². The number of aliphatic carboxylic acids is 1. The van der Waals surface area contributed by atoms with Gasteiger partial charge in [-0.3, -0.25) is 9.59 Å². The molecule has 0 unspecified atom stereocenters. The van der Waals surface area contributed by atoms with E-state index in [0.29, 0.717) is 18.9 Å². The summed E-state index contributed by atoms with van der Waals surface area (Å²) < 4.78 is 0. The van der Waals surface area contributed by atoms with E-state index in [1.54, 1.807) is 0 Å². The number of nitrogens with one attached hydrogen (secondary N) is 1. The van der Waals surface area contributed by atoms with Gasteiger partial charge >= 0.3 is 5.97 Å². The van der Waals surface area contributed by atoms with Gasteiger partial charge in [-0.25, -0.2) is 0 Å². The Balaban J connectivity index is 4.05. The minimum Gasteiger partial charge on any atom is -0.480 e. The first kappa shape index (κ1) is 14.9. The fourth-order valence-corrected chi connectivity index (χ4v) is 1.55. The minimum atomic E-state index is -1.03. The van der Waals surface area contributed by atoms with Crippen LogP contribution in [0.4, 0.5) is 0 Å². The molecule has 0 bridgehead atoms. The average molecular weight is 230 g/mol. The smallest absolute Gasteiger partial charge is 0.325 e. The molecule has 16 heavy (non-hydrogen) atoms. The van der Waals surface area contributed by atoms with E-state index in [-0.39, 0.29) is 11.8 Å². The molecule has 0 rings (SSSR count). The SMILES string of the molecule is CC(C)C[C@H](CN)CC(=O)N[C@@H](C)C(=O)O. The van der Waals surface area contributed by atoms with Crippen LogP contribution < -0.4 is 11.1 Å². The summed E-state index contributed by atoms with van der Waals surface area (Å²) in [7, 11) is 0. The molecular weight excluding hydrogens is 208 g/mol. The van der Waals surface area contributed by atoms with Gasteiger partial charge in [0.15, 0.2) is 0 Å². The van der Waals surface area contributed by atoms with Gasteiger partial charge in [-0.1, -0.05) is 13.8 Å². The molecule has 0 aromatic heterocycles. The Morgan fingerprint density at radius 1 is 1.31 bits per heavy atom. The quantitative estimate of drug-likeness (QED) is 0.596. The number of carbonyl (C=O) groups is 2. The highest BCUT2D eigenvalue weighted by Gasteiger charge is 2.18. The Morgan fingerprint density at radius 3 is 2.25 bits per heavy atom. The van der Waals surface area contributed by atoms with Gasteiger partial charge in [-0.2, -0.15) is 0 Å². The van der Waals surface area contributed by atoms with E-state index in [0.717, 1.165) is 6.42 Å². The summed E-state index contributed by atoms with van der Waals surface area (Å²) in [5.74, 6) is -0.660. The maximum atomic E-state index is 11.5. The molecule has 0 saturated carbocycles. The molecule has 5 nitrogen and oxygen atoms in total. The molecule has 0 radical (unpaired) electrons. The Bertz CT molecular complexity index is 241. The second-order valence-electron chi connectivity index (χ2n) is 4.56. The topological polar surface area (TPSA) is 92.4 Å². The Kier molecular flexibility index (Phi) is 6.72. The van der Waals surface area contributed by atoms with Gasteiger partial charge in [0, 0.05) is 6.42 Å². The molecule has 0 aromatic rings. The first-order chi connectivity index (χ1) is 7.36. The number of hydrogen-bond acceptors (Lipinski definition) is 3. The van der Waals surface area contributed by atoms with Gasteiger partial charge in [-0.15, -0.1) is 0 Å². The zero-order valence-corrected chi connectivity index (χ0v) is 10.2. The van der Waals surface area contributed by atoms with Gasteiger partial charge in [0.2, 0.25) is 5.91 Å². The van der Waals surface area contributed by atoms with E-state index in [9.17, 15) is 9.59 Å². The molecule has 0 aliphatic heterocycles. The molecule has 4 N–H and O–H groups in total. The Morgan fingerprint density at radius 2 is 1.88 bits per heavy atom. The van der Waals surface area contributed by atoms with Gasteiger partial charge < -0.3 is 16.2 Å². The molecule has 0 saturated heterocycles.